The van der Waals surface area contributed by atoms with E-state index in [1.165, 1.54) is 6.92 Å². The first-order valence-corrected chi connectivity index (χ1v) is 8.67. The number of amides is 1. The minimum absolute atomic E-state index is 0.104. The average molecular weight is 359 g/mol. The lowest BCUT2D eigenvalue weighted by Crippen LogP contribution is -2.12. The minimum atomic E-state index is -0.124. The zero-order valence-electron chi connectivity index (χ0n) is 15.6. The lowest BCUT2D eigenvalue weighted by molar-refractivity contribution is -0.114. The fourth-order valence-electron chi connectivity index (χ4n) is 2.86. The van der Waals surface area contributed by atoms with Gasteiger partial charge in [-0.1, -0.05) is 42.5 Å². The van der Waals surface area contributed by atoms with E-state index in [1.807, 2.05) is 56.3 Å². The average Bonchev–Trinajstić information content (AvgIpc) is 2.99. The van der Waals surface area contributed by atoms with Crippen molar-refractivity contribution in [1.29, 1.82) is 0 Å². The standard InChI is InChI=1S/C22H21N3O2/c1-15-13-16(2)25(24-15)21(22(27)19-7-5-4-6-8-19)14-18-9-11-20(12-10-18)23-17(3)26/h4-14H,1-3H3,(H,23,26)/b21-14-. The molecule has 0 aliphatic rings. The molecule has 5 heteroatoms. The van der Waals surface area contributed by atoms with Gasteiger partial charge in [0, 0.05) is 23.9 Å². The number of benzene rings is 2. The number of carbonyl (C=O) groups is 2. The Kier molecular flexibility index (Phi) is 5.31. The van der Waals surface area contributed by atoms with Crippen molar-refractivity contribution < 1.29 is 9.59 Å². The summed E-state index contributed by atoms with van der Waals surface area (Å²) in [6, 6.07) is 18.4. The molecule has 0 spiro atoms. The van der Waals surface area contributed by atoms with Crippen LogP contribution in [0.1, 0.15) is 34.2 Å². The monoisotopic (exact) mass is 359 g/mol. The van der Waals surface area contributed by atoms with E-state index in [0.717, 1.165) is 17.0 Å². The van der Waals surface area contributed by atoms with Gasteiger partial charge >= 0.3 is 0 Å². The summed E-state index contributed by atoms with van der Waals surface area (Å²) in [4.78, 5) is 24.3. The molecule has 1 N–H and O–H groups in total. The maximum Gasteiger partial charge on any atom is 0.221 e. The van der Waals surface area contributed by atoms with E-state index in [9.17, 15) is 9.59 Å². The molecule has 27 heavy (non-hydrogen) atoms. The van der Waals surface area contributed by atoms with Gasteiger partial charge in [0.15, 0.2) is 0 Å². The summed E-state index contributed by atoms with van der Waals surface area (Å²) in [5.74, 6) is -0.228. The van der Waals surface area contributed by atoms with Gasteiger partial charge in [-0.2, -0.15) is 5.10 Å². The summed E-state index contributed by atoms with van der Waals surface area (Å²) >= 11 is 0. The van der Waals surface area contributed by atoms with Gasteiger partial charge < -0.3 is 5.32 Å². The molecule has 0 unspecified atom stereocenters. The van der Waals surface area contributed by atoms with Gasteiger partial charge in [0.05, 0.1) is 5.69 Å². The van der Waals surface area contributed by atoms with Gasteiger partial charge in [0.1, 0.15) is 5.70 Å². The van der Waals surface area contributed by atoms with E-state index in [1.54, 1.807) is 28.9 Å². The number of Topliss-reactive ketones (excluding diaryl/α,β-unsaturated/α-hetero) is 1. The van der Waals surface area contributed by atoms with Crippen molar-refractivity contribution in [3.63, 3.8) is 0 Å². The fraction of sp³-hybridized carbons (Fsp3) is 0.136. The first kappa shape index (κ1) is 18.3. The highest BCUT2D eigenvalue weighted by Crippen LogP contribution is 2.20. The third kappa shape index (κ3) is 4.39. The molecule has 5 nitrogen and oxygen atoms in total. The zero-order valence-corrected chi connectivity index (χ0v) is 15.6. The maximum atomic E-state index is 13.1. The highest BCUT2D eigenvalue weighted by molar-refractivity contribution is 6.27. The number of carbonyl (C=O) groups excluding carboxylic acids is 2. The summed E-state index contributed by atoms with van der Waals surface area (Å²) in [5.41, 5.74) is 4.36. The lowest BCUT2D eigenvalue weighted by atomic mass is 10.1. The lowest BCUT2D eigenvalue weighted by Gasteiger charge is -2.10. The molecule has 1 amide bonds. The van der Waals surface area contributed by atoms with Gasteiger partial charge in [-0.3, -0.25) is 9.59 Å². The van der Waals surface area contributed by atoms with Gasteiger partial charge in [-0.25, -0.2) is 4.68 Å². The van der Waals surface area contributed by atoms with Crippen molar-refractivity contribution in [1.82, 2.24) is 9.78 Å². The van der Waals surface area contributed by atoms with Crippen LogP contribution in [0, 0.1) is 13.8 Å². The van der Waals surface area contributed by atoms with E-state index in [0.29, 0.717) is 16.9 Å². The van der Waals surface area contributed by atoms with E-state index < -0.39 is 0 Å². The molecular weight excluding hydrogens is 338 g/mol. The van der Waals surface area contributed by atoms with Crippen molar-refractivity contribution in [3.05, 3.63) is 83.2 Å². The molecule has 136 valence electrons. The molecule has 2 aromatic carbocycles. The fourth-order valence-corrected chi connectivity index (χ4v) is 2.86. The summed E-state index contributed by atoms with van der Waals surface area (Å²) in [6.45, 7) is 5.29. The molecule has 0 fully saturated rings. The predicted octanol–water partition coefficient (Wildman–Crippen LogP) is 4.34. The Balaban J connectivity index is 2.04. The van der Waals surface area contributed by atoms with Crippen LogP contribution < -0.4 is 5.32 Å². The number of anilines is 1. The number of nitrogens with one attached hydrogen (secondary N) is 1. The topological polar surface area (TPSA) is 64.0 Å². The second kappa shape index (κ2) is 7.83. The minimum Gasteiger partial charge on any atom is -0.326 e. The molecule has 0 aliphatic heterocycles. The van der Waals surface area contributed by atoms with Crippen LogP contribution in [0.2, 0.25) is 0 Å². The Labute approximate surface area is 158 Å². The number of ketones is 1. The molecular formula is C22H21N3O2. The first-order chi connectivity index (χ1) is 12.9. The van der Waals surface area contributed by atoms with Crippen molar-refractivity contribution in [2.24, 2.45) is 0 Å². The number of hydrogen-bond acceptors (Lipinski definition) is 3. The van der Waals surface area contributed by atoms with Crippen LogP contribution >= 0.6 is 0 Å². The molecule has 0 aliphatic carbocycles. The highest BCUT2D eigenvalue weighted by Gasteiger charge is 2.17. The number of rotatable bonds is 5. The highest BCUT2D eigenvalue weighted by atomic mass is 16.1. The Morgan fingerprint density at radius 3 is 2.22 bits per heavy atom. The molecule has 1 heterocycles. The van der Waals surface area contributed by atoms with Crippen LogP contribution in [0.15, 0.2) is 60.7 Å². The van der Waals surface area contributed by atoms with Crippen LogP contribution in [-0.4, -0.2) is 21.5 Å². The number of hydrogen-bond donors (Lipinski definition) is 1. The van der Waals surface area contributed by atoms with Gasteiger partial charge in [-0.15, -0.1) is 0 Å². The summed E-state index contributed by atoms with van der Waals surface area (Å²) in [7, 11) is 0. The largest absolute Gasteiger partial charge is 0.326 e. The van der Waals surface area contributed by atoms with Crippen molar-refractivity contribution in [2.45, 2.75) is 20.8 Å². The van der Waals surface area contributed by atoms with Gasteiger partial charge in [0.25, 0.3) is 0 Å². The summed E-state index contributed by atoms with van der Waals surface area (Å²) in [5, 5.41) is 7.21. The molecule has 0 bridgehead atoms. The summed E-state index contributed by atoms with van der Waals surface area (Å²) < 4.78 is 1.67. The van der Waals surface area contributed by atoms with Crippen LogP contribution in [0.5, 0.6) is 0 Å². The maximum absolute atomic E-state index is 13.1. The number of allylic oxidation sites excluding steroid dienone is 1. The second-order valence-corrected chi connectivity index (χ2v) is 6.37. The molecule has 3 aromatic rings. The smallest absolute Gasteiger partial charge is 0.221 e. The molecule has 0 saturated carbocycles. The van der Waals surface area contributed by atoms with Crippen LogP contribution in [0.4, 0.5) is 5.69 Å². The Hall–Kier alpha value is -3.47. The summed E-state index contributed by atoms with van der Waals surface area (Å²) in [6.07, 6.45) is 1.81. The molecule has 0 radical (unpaired) electrons. The number of nitrogens with zero attached hydrogens (tertiary/aromatic N) is 2. The Bertz CT molecular complexity index is 1000. The Morgan fingerprint density at radius 2 is 1.67 bits per heavy atom. The Morgan fingerprint density at radius 1 is 1.00 bits per heavy atom. The van der Waals surface area contributed by atoms with E-state index in [4.69, 9.17) is 0 Å². The van der Waals surface area contributed by atoms with E-state index in [-0.39, 0.29) is 11.7 Å². The quantitative estimate of drug-likeness (QED) is 0.544. The van der Waals surface area contributed by atoms with Crippen molar-refractivity contribution in [2.75, 3.05) is 5.32 Å². The third-order valence-electron chi connectivity index (χ3n) is 4.04. The normalized spacial score (nSPS) is 11.3. The third-order valence-corrected chi connectivity index (χ3v) is 4.04. The predicted molar refractivity (Wildman–Crippen MR) is 107 cm³/mol. The van der Waals surface area contributed by atoms with E-state index in [2.05, 4.69) is 10.4 Å². The molecule has 0 atom stereocenters. The van der Waals surface area contributed by atoms with Crippen molar-refractivity contribution >= 4 is 29.2 Å². The van der Waals surface area contributed by atoms with Crippen LogP contribution in [0.25, 0.3) is 11.8 Å². The molecule has 3 rings (SSSR count). The molecule has 1 aromatic heterocycles. The SMILES string of the molecule is CC(=O)Nc1ccc(/C=C(/C(=O)c2ccccc2)n2nc(C)cc2C)cc1. The first-order valence-electron chi connectivity index (χ1n) is 8.67. The number of aromatic nitrogens is 2. The van der Waals surface area contributed by atoms with Crippen LogP contribution in [-0.2, 0) is 4.79 Å². The van der Waals surface area contributed by atoms with Gasteiger partial charge in [0.2, 0.25) is 11.7 Å². The zero-order chi connectivity index (χ0) is 19.4. The number of aryl methyl sites for hydroxylation is 2. The molecule has 0 saturated heterocycles. The van der Waals surface area contributed by atoms with Crippen molar-refractivity contribution in [3.8, 4) is 0 Å². The van der Waals surface area contributed by atoms with Gasteiger partial charge in [-0.05, 0) is 43.7 Å². The van der Waals surface area contributed by atoms with E-state index >= 15 is 0 Å². The second-order valence-electron chi connectivity index (χ2n) is 6.37. The van der Waals surface area contributed by atoms with Crippen LogP contribution in [0.3, 0.4) is 0 Å².